The predicted molar refractivity (Wildman–Crippen MR) is 75.0 cm³/mol. The van der Waals surface area contributed by atoms with Gasteiger partial charge in [0.2, 0.25) is 0 Å². The lowest BCUT2D eigenvalue weighted by molar-refractivity contribution is -0.757. The van der Waals surface area contributed by atoms with Gasteiger partial charge in [-0.1, -0.05) is 0 Å². The molecule has 0 atom stereocenters. The van der Waals surface area contributed by atoms with Crippen LogP contribution in [-0.4, -0.2) is 30.2 Å². The summed E-state index contributed by atoms with van der Waals surface area (Å²) in [7, 11) is 0. The second-order valence-electron chi connectivity index (χ2n) is 4.47. The zero-order chi connectivity index (χ0) is 16.5. The maximum absolute atomic E-state index is 11.8. The van der Waals surface area contributed by atoms with Crippen LogP contribution in [0.1, 0.15) is 35.7 Å². The van der Waals surface area contributed by atoms with Crippen LogP contribution >= 0.6 is 0 Å². The quantitative estimate of drug-likeness (QED) is 0.238. The third-order valence-corrected chi connectivity index (χ3v) is 2.63. The molecule has 0 saturated heterocycles. The molecule has 0 N–H and O–H groups in total. The first-order valence-electron chi connectivity index (χ1n) is 6.63. The van der Waals surface area contributed by atoms with Gasteiger partial charge < -0.3 is 14.3 Å². The van der Waals surface area contributed by atoms with Crippen LogP contribution in [0.15, 0.2) is 18.2 Å². The third kappa shape index (κ3) is 6.21. The number of hydrogen-bond donors (Lipinski definition) is 0. The molecule has 0 unspecified atom stereocenters. The van der Waals surface area contributed by atoms with Crippen molar-refractivity contribution >= 4 is 11.9 Å². The minimum absolute atomic E-state index is 0.0270. The molecule has 8 nitrogen and oxygen atoms in total. The van der Waals surface area contributed by atoms with Crippen LogP contribution in [0.5, 0.6) is 5.75 Å². The van der Waals surface area contributed by atoms with E-state index in [0.29, 0.717) is 29.7 Å². The van der Waals surface area contributed by atoms with Crippen molar-refractivity contribution in [2.45, 2.75) is 26.7 Å². The van der Waals surface area contributed by atoms with Crippen LogP contribution in [0, 0.1) is 17.0 Å². The summed E-state index contributed by atoms with van der Waals surface area (Å²) in [4.78, 5) is 36.7. The summed E-state index contributed by atoms with van der Waals surface area (Å²) in [5, 5.41) is 9.06. The first-order chi connectivity index (χ1) is 10.4. The molecule has 0 saturated carbocycles. The van der Waals surface area contributed by atoms with Crippen molar-refractivity contribution in [3.05, 3.63) is 39.4 Å². The highest BCUT2D eigenvalue weighted by atomic mass is 16.9. The fraction of sp³-hybridized carbons (Fsp3) is 0.429. The molecule has 0 bridgehead atoms. The average Bonchev–Trinajstić information content (AvgIpc) is 2.43. The molecule has 0 aromatic heterocycles. The van der Waals surface area contributed by atoms with Crippen LogP contribution in [-0.2, 0) is 14.4 Å². The molecule has 0 aliphatic rings. The summed E-state index contributed by atoms with van der Waals surface area (Å²) in [6.45, 7) is 3.12. The van der Waals surface area contributed by atoms with Gasteiger partial charge in [0.05, 0.1) is 18.8 Å². The van der Waals surface area contributed by atoms with Gasteiger partial charge in [-0.15, -0.1) is 10.1 Å². The molecule has 0 heterocycles. The number of aryl methyl sites for hydroxylation is 1. The number of rotatable bonds is 8. The first-order valence-corrected chi connectivity index (χ1v) is 6.63. The minimum Gasteiger partial charge on any atom is -0.462 e. The van der Waals surface area contributed by atoms with Crippen molar-refractivity contribution in [1.29, 1.82) is 0 Å². The van der Waals surface area contributed by atoms with E-state index in [1.807, 2.05) is 0 Å². The molecule has 0 radical (unpaired) electrons. The minimum atomic E-state index is -0.862. The monoisotopic (exact) mass is 311 g/mol. The van der Waals surface area contributed by atoms with Gasteiger partial charge in [-0.2, -0.15) is 0 Å². The van der Waals surface area contributed by atoms with E-state index in [1.54, 1.807) is 13.0 Å². The molecular formula is C14H17NO7. The average molecular weight is 311 g/mol. The van der Waals surface area contributed by atoms with E-state index >= 15 is 0 Å². The molecule has 1 aromatic rings. The Morgan fingerprint density at radius 1 is 1.23 bits per heavy atom. The number of carbonyl (C=O) groups is 2. The van der Waals surface area contributed by atoms with Crippen molar-refractivity contribution in [2.75, 3.05) is 13.2 Å². The second-order valence-corrected chi connectivity index (χ2v) is 4.47. The molecule has 120 valence electrons. The Morgan fingerprint density at radius 2 is 1.91 bits per heavy atom. The summed E-state index contributed by atoms with van der Waals surface area (Å²) < 4.78 is 10.0. The molecule has 0 aliphatic carbocycles. The number of unbranched alkanes of at least 4 members (excludes halogenated alkanes) is 1. The highest BCUT2D eigenvalue weighted by Gasteiger charge is 2.10. The van der Waals surface area contributed by atoms with E-state index in [0.717, 1.165) is 0 Å². The second kappa shape index (κ2) is 8.60. The predicted octanol–water partition coefficient (Wildman–Crippen LogP) is 2.07. The summed E-state index contributed by atoms with van der Waals surface area (Å²) in [6, 6.07) is 4.60. The molecule has 0 amide bonds. The summed E-state index contributed by atoms with van der Waals surface area (Å²) in [5.41, 5.74) is 0.985. The largest absolute Gasteiger partial charge is 0.462 e. The van der Waals surface area contributed by atoms with Crippen molar-refractivity contribution in [3.8, 4) is 5.75 Å². The van der Waals surface area contributed by atoms with Crippen LogP contribution < -0.4 is 4.74 Å². The van der Waals surface area contributed by atoms with Crippen LogP contribution in [0.25, 0.3) is 0 Å². The lowest BCUT2D eigenvalue weighted by atomic mass is 10.1. The Bertz CT molecular complexity index is 556. The van der Waals surface area contributed by atoms with E-state index in [9.17, 15) is 19.7 Å². The normalized spacial score (nSPS) is 9.91. The molecule has 8 heteroatoms. The molecule has 1 aromatic carbocycles. The first kappa shape index (κ1) is 17.4. The van der Waals surface area contributed by atoms with Gasteiger partial charge in [0, 0.05) is 6.92 Å². The number of ether oxygens (including phenoxy) is 2. The molecule has 22 heavy (non-hydrogen) atoms. The lowest BCUT2D eigenvalue weighted by Crippen LogP contribution is -2.09. The summed E-state index contributed by atoms with van der Waals surface area (Å²) in [6.07, 6.45) is 0.878. The standard InChI is InChI=1S/C14H17NO7/c1-10-9-12(5-6-13(10)22-11(2)16)14(17)20-7-3-4-8-21-15(18)19/h5-6,9H,3-4,7-8H2,1-2H3. The Hall–Kier alpha value is -2.64. The fourth-order valence-electron chi connectivity index (χ4n) is 1.64. The Kier molecular flexibility index (Phi) is 6.81. The number of benzene rings is 1. The zero-order valence-corrected chi connectivity index (χ0v) is 12.4. The Balaban J connectivity index is 2.41. The van der Waals surface area contributed by atoms with E-state index < -0.39 is 17.0 Å². The summed E-state index contributed by atoms with van der Waals surface area (Å²) in [5.74, 6) is -0.552. The molecule has 1 rings (SSSR count). The Morgan fingerprint density at radius 3 is 2.50 bits per heavy atom. The van der Waals surface area contributed by atoms with Gasteiger partial charge in [0.15, 0.2) is 0 Å². The van der Waals surface area contributed by atoms with Gasteiger partial charge in [-0.3, -0.25) is 4.79 Å². The van der Waals surface area contributed by atoms with Gasteiger partial charge in [-0.25, -0.2) is 4.79 Å². The van der Waals surface area contributed by atoms with Crippen LogP contribution in [0.3, 0.4) is 0 Å². The molecule has 0 spiro atoms. The van der Waals surface area contributed by atoms with Gasteiger partial charge in [-0.05, 0) is 43.5 Å². The lowest BCUT2D eigenvalue weighted by Gasteiger charge is -2.08. The summed E-state index contributed by atoms with van der Waals surface area (Å²) >= 11 is 0. The smallest absolute Gasteiger partial charge is 0.338 e. The van der Waals surface area contributed by atoms with E-state index in [4.69, 9.17) is 9.47 Å². The number of carbonyl (C=O) groups excluding carboxylic acids is 2. The maximum Gasteiger partial charge on any atom is 0.338 e. The highest BCUT2D eigenvalue weighted by molar-refractivity contribution is 5.90. The van der Waals surface area contributed by atoms with Crippen LogP contribution in [0.4, 0.5) is 0 Å². The molecule has 0 aliphatic heterocycles. The number of hydrogen-bond acceptors (Lipinski definition) is 7. The van der Waals surface area contributed by atoms with E-state index in [1.165, 1.54) is 19.1 Å². The van der Waals surface area contributed by atoms with Crippen molar-refractivity contribution in [3.63, 3.8) is 0 Å². The SMILES string of the molecule is CC(=O)Oc1ccc(C(=O)OCCCCO[N+](=O)[O-])cc1C. The van der Waals surface area contributed by atoms with E-state index in [2.05, 4.69) is 4.84 Å². The maximum atomic E-state index is 11.8. The van der Waals surface area contributed by atoms with Crippen molar-refractivity contribution in [2.24, 2.45) is 0 Å². The van der Waals surface area contributed by atoms with Crippen molar-refractivity contribution < 1.29 is 29.0 Å². The topological polar surface area (TPSA) is 105 Å². The van der Waals surface area contributed by atoms with Gasteiger partial charge in [0.25, 0.3) is 5.09 Å². The van der Waals surface area contributed by atoms with Crippen LogP contribution in [0.2, 0.25) is 0 Å². The van der Waals surface area contributed by atoms with Gasteiger partial charge in [0.1, 0.15) is 5.75 Å². The molecule has 0 fully saturated rings. The highest BCUT2D eigenvalue weighted by Crippen LogP contribution is 2.19. The third-order valence-electron chi connectivity index (χ3n) is 2.63. The molecular weight excluding hydrogens is 294 g/mol. The Labute approximate surface area is 127 Å². The fourth-order valence-corrected chi connectivity index (χ4v) is 1.64. The van der Waals surface area contributed by atoms with E-state index in [-0.39, 0.29) is 13.2 Å². The van der Waals surface area contributed by atoms with Gasteiger partial charge >= 0.3 is 11.9 Å². The number of nitrogens with zero attached hydrogens (tertiary/aromatic N) is 1. The zero-order valence-electron chi connectivity index (χ0n) is 12.4. The van der Waals surface area contributed by atoms with Crippen molar-refractivity contribution in [1.82, 2.24) is 0 Å². The number of esters is 2.